The number of ether oxygens (including phenoxy) is 2. The number of aliphatic hydroxyl groups is 1. The molecular formula is C38H74O5. The van der Waals surface area contributed by atoms with Gasteiger partial charge in [-0.05, 0) is 24.7 Å². The molecule has 5 heteroatoms. The highest BCUT2D eigenvalue weighted by Gasteiger charge is 2.12. The summed E-state index contributed by atoms with van der Waals surface area (Å²) < 4.78 is 10.3. The molecule has 0 aromatic heterocycles. The number of aliphatic hydroxyl groups excluding tert-OH is 1. The summed E-state index contributed by atoms with van der Waals surface area (Å²) in [6.45, 7) is 9.03. The maximum absolute atomic E-state index is 11.9. The Hall–Kier alpha value is -1.10. The summed E-state index contributed by atoms with van der Waals surface area (Å²) in [5, 5.41) is 9.99. The van der Waals surface area contributed by atoms with Gasteiger partial charge in [-0.25, -0.2) is 0 Å². The van der Waals surface area contributed by atoms with Crippen LogP contribution in [0.15, 0.2) is 0 Å². The second-order valence-corrected chi connectivity index (χ2v) is 13.8. The normalized spacial score (nSPS) is 12.9. The van der Waals surface area contributed by atoms with E-state index < -0.39 is 6.10 Å². The van der Waals surface area contributed by atoms with E-state index in [1.807, 2.05) is 0 Å². The Morgan fingerprint density at radius 2 is 0.791 bits per heavy atom. The van der Waals surface area contributed by atoms with Crippen LogP contribution < -0.4 is 0 Å². The van der Waals surface area contributed by atoms with Crippen molar-refractivity contribution < 1.29 is 24.2 Å². The van der Waals surface area contributed by atoms with E-state index in [2.05, 4.69) is 27.7 Å². The maximum atomic E-state index is 11.9. The molecule has 0 aromatic rings. The predicted molar refractivity (Wildman–Crippen MR) is 182 cm³/mol. The molecule has 5 nitrogen and oxygen atoms in total. The van der Waals surface area contributed by atoms with Crippen molar-refractivity contribution >= 4 is 11.9 Å². The Kier molecular flexibility index (Phi) is 31.5. The summed E-state index contributed by atoms with van der Waals surface area (Å²) in [5.74, 6) is 1.17. The number of hydrogen-bond acceptors (Lipinski definition) is 5. The zero-order valence-corrected chi connectivity index (χ0v) is 29.3. The lowest BCUT2D eigenvalue weighted by molar-refractivity contribution is -0.152. The predicted octanol–water partition coefficient (Wildman–Crippen LogP) is 11.3. The summed E-state index contributed by atoms with van der Waals surface area (Å²) in [7, 11) is 0. The van der Waals surface area contributed by atoms with E-state index in [0.29, 0.717) is 12.8 Å². The van der Waals surface area contributed by atoms with Crippen molar-refractivity contribution in [2.24, 2.45) is 11.8 Å². The lowest BCUT2D eigenvalue weighted by Gasteiger charge is -2.12. The van der Waals surface area contributed by atoms with Crippen molar-refractivity contribution in [2.45, 2.75) is 207 Å². The van der Waals surface area contributed by atoms with Crippen LogP contribution in [0.5, 0.6) is 0 Å². The van der Waals surface area contributed by atoms with E-state index in [0.717, 1.165) is 37.5 Å². The molecule has 1 N–H and O–H groups in total. The highest BCUT2D eigenvalue weighted by Crippen LogP contribution is 2.16. The van der Waals surface area contributed by atoms with Gasteiger partial charge in [-0.2, -0.15) is 0 Å². The molecule has 1 unspecified atom stereocenters. The first-order chi connectivity index (χ1) is 20.8. The van der Waals surface area contributed by atoms with Crippen LogP contribution in [0.4, 0.5) is 0 Å². The molecule has 0 saturated carbocycles. The second kappa shape index (κ2) is 32.3. The van der Waals surface area contributed by atoms with Gasteiger partial charge in [-0.1, -0.05) is 175 Å². The lowest BCUT2D eigenvalue weighted by Crippen LogP contribution is -2.25. The number of carbonyl (C=O) groups excluding carboxylic acids is 2. The lowest BCUT2D eigenvalue weighted by atomic mass is 9.99. The minimum Gasteiger partial charge on any atom is -0.463 e. The third-order valence-corrected chi connectivity index (χ3v) is 8.81. The second-order valence-electron chi connectivity index (χ2n) is 13.8. The number of rotatable bonds is 33. The average Bonchev–Trinajstić information content (AvgIpc) is 2.99. The topological polar surface area (TPSA) is 72.8 Å². The van der Waals surface area contributed by atoms with E-state index in [1.54, 1.807) is 0 Å². The van der Waals surface area contributed by atoms with Gasteiger partial charge >= 0.3 is 11.9 Å². The van der Waals surface area contributed by atoms with E-state index in [4.69, 9.17) is 9.47 Å². The van der Waals surface area contributed by atoms with Gasteiger partial charge in [0.15, 0.2) is 0 Å². The fraction of sp³-hybridized carbons (Fsp3) is 0.947. The number of hydrogen-bond donors (Lipinski definition) is 1. The van der Waals surface area contributed by atoms with Gasteiger partial charge < -0.3 is 14.6 Å². The fourth-order valence-electron chi connectivity index (χ4n) is 5.54. The van der Waals surface area contributed by atoms with Crippen molar-refractivity contribution in [3.63, 3.8) is 0 Å². The van der Waals surface area contributed by atoms with Gasteiger partial charge in [0.25, 0.3) is 0 Å². The Morgan fingerprint density at radius 3 is 1.12 bits per heavy atom. The molecule has 256 valence electrons. The van der Waals surface area contributed by atoms with Crippen molar-refractivity contribution in [1.82, 2.24) is 0 Å². The van der Waals surface area contributed by atoms with Crippen molar-refractivity contribution in [3.8, 4) is 0 Å². The molecule has 0 aliphatic carbocycles. The molecule has 0 amide bonds. The van der Waals surface area contributed by atoms with Crippen LogP contribution in [0.25, 0.3) is 0 Å². The Balaban J connectivity index is 3.41. The fourth-order valence-corrected chi connectivity index (χ4v) is 5.54. The number of unbranched alkanes of at least 4 members (excludes halogenated alkanes) is 20. The first-order valence-electron chi connectivity index (χ1n) is 18.8. The van der Waals surface area contributed by atoms with Gasteiger partial charge in [0, 0.05) is 12.8 Å². The molecule has 0 saturated heterocycles. The van der Waals surface area contributed by atoms with E-state index in [1.165, 1.54) is 135 Å². The summed E-state index contributed by atoms with van der Waals surface area (Å²) in [6, 6.07) is 0. The molecule has 0 spiro atoms. The molecule has 2 atom stereocenters. The van der Waals surface area contributed by atoms with E-state index in [-0.39, 0.29) is 25.2 Å². The molecule has 0 fully saturated rings. The third kappa shape index (κ3) is 33.6. The smallest absolute Gasteiger partial charge is 0.305 e. The summed E-state index contributed by atoms with van der Waals surface area (Å²) in [6.07, 6.45) is 31.5. The molecule has 0 radical (unpaired) electrons. The summed E-state index contributed by atoms with van der Waals surface area (Å²) in [4.78, 5) is 23.9. The highest BCUT2D eigenvalue weighted by molar-refractivity contribution is 5.69. The SMILES string of the molecule is CCC(C)CCCCCCCCCCCCC(=O)OC[C@@H](O)COC(=O)CCCCCCCCCCCCCCC(C)C. The van der Waals surface area contributed by atoms with E-state index >= 15 is 0 Å². The monoisotopic (exact) mass is 611 g/mol. The minimum atomic E-state index is -0.956. The van der Waals surface area contributed by atoms with Gasteiger partial charge in [0.05, 0.1) is 0 Å². The Bertz CT molecular complexity index is 605. The van der Waals surface area contributed by atoms with Crippen molar-refractivity contribution in [3.05, 3.63) is 0 Å². The van der Waals surface area contributed by atoms with Crippen LogP contribution in [0.2, 0.25) is 0 Å². The highest BCUT2D eigenvalue weighted by atomic mass is 16.6. The van der Waals surface area contributed by atoms with Gasteiger partial charge in [0.1, 0.15) is 19.3 Å². The van der Waals surface area contributed by atoms with Gasteiger partial charge in [-0.15, -0.1) is 0 Å². The molecule has 0 aliphatic rings. The summed E-state index contributed by atoms with van der Waals surface area (Å²) >= 11 is 0. The van der Waals surface area contributed by atoms with Gasteiger partial charge in [0.2, 0.25) is 0 Å². The average molecular weight is 611 g/mol. The zero-order chi connectivity index (χ0) is 31.8. The van der Waals surface area contributed by atoms with Crippen LogP contribution in [-0.2, 0) is 19.1 Å². The third-order valence-electron chi connectivity index (χ3n) is 8.81. The molecule has 0 aliphatic heterocycles. The van der Waals surface area contributed by atoms with Crippen LogP contribution in [0.1, 0.15) is 201 Å². The van der Waals surface area contributed by atoms with Crippen molar-refractivity contribution in [2.75, 3.05) is 13.2 Å². The molecule has 0 heterocycles. The van der Waals surface area contributed by atoms with Crippen molar-refractivity contribution in [1.29, 1.82) is 0 Å². The quantitative estimate of drug-likeness (QED) is 0.0591. The van der Waals surface area contributed by atoms with Crippen LogP contribution >= 0.6 is 0 Å². The standard InChI is InChI=1S/C38H74O5/c1-5-35(4)29-25-21-17-13-10-11-15-19-23-27-31-38(41)43-33-36(39)32-42-37(40)30-26-22-18-14-9-7-6-8-12-16-20-24-28-34(2)3/h34-36,39H,5-33H2,1-4H3/t35?,36-/m0/s1. The zero-order valence-electron chi connectivity index (χ0n) is 29.3. The Morgan fingerprint density at radius 1 is 0.488 bits per heavy atom. The first-order valence-corrected chi connectivity index (χ1v) is 18.8. The largest absolute Gasteiger partial charge is 0.463 e. The number of esters is 2. The Labute approximate surface area is 268 Å². The molecule has 0 aromatic carbocycles. The molecule has 43 heavy (non-hydrogen) atoms. The van der Waals surface area contributed by atoms with Gasteiger partial charge in [-0.3, -0.25) is 9.59 Å². The van der Waals surface area contributed by atoms with Crippen LogP contribution in [0, 0.1) is 11.8 Å². The maximum Gasteiger partial charge on any atom is 0.305 e. The molecule has 0 bridgehead atoms. The molecular weight excluding hydrogens is 536 g/mol. The van der Waals surface area contributed by atoms with Crippen LogP contribution in [0.3, 0.4) is 0 Å². The minimum absolute atomic E-state index is 0.109. The van der Waals surface area contributed by atoms with E-state index in [9.17, 15) is 14.7 Å². The first kappa shape index (κ1) is 41.9. The molecule has 0 rings (SSSR count). The number of carbonyl (C=O) groups is 2. The van der Waals surface area contributed by atoms with Crippen LogP contribution in [-0.4, -0.2) is 36.4 Å². The summed E-state index contributed by atoms with van der Waals surface area (Å²) in [5.41, 5.74) is 0.